The topological polar surface area (TPSA) is 41.5 Å². The highest BCUT2D eigenvalue weighted by Crippen LogP contribution is 2.05. The minimum atomic E-state index is -0.568. The van der Waals surface area contributed by atoms with Gasteiger partial charge in [-0.25, -0.2) is 9.82 Å². The summed E-state index contributed by atoms with van der Waals surface area (Å²) in [6.45, 7) is 1.97. The zero-order valence-corrected chi connectivity index (χ0v) is 10.4. The van der Waals surface area contributed by atoms with E-state index in [1.54, 1.807) is 6.07 Å². The number of carbonyl (C=O) groups is 1. The minimum Gasteiger partial charge on any atom is -0.267 e. The quantitative estimate of drug-likeness (QED) is 0.665. The van der Waals surface area contributed by atoms with Crippen molar-refractivity contribution >= 4 is 12.1 Å². The third kappa shape index (κ3) is 3.48. The zero-order valence-electron chi connectivity index (χ0n) is 10.4. The van der Waals surface area contributed by atoms with Crippen molar-refractivity contribution < 1.29 is 9.18 Å². The number of carbonyl (C=O) groups excluding carboxylic acids is 1. The van der Waals surface area contributed by atoms with E-state index in [0.717, 1.165) is 11.1 Å². The SMILES string of the molecule is Cc1cccc(C=NNC(=O)c2ccccc2F)c1. The molecule has 2 aromatic rings. The molecule has 0 bridgehead atoms. The van der Waals surface area contributed by atoms with Crippen molar-refractivity contribution in [1.82, 2.24) is 5.43 Å². The lowest BCUT2D eigenvalue weighted by Gasteiger charge is -2.00. The Kier molecular flexibility index (Phi) is 4.03. The second kappa shape index (κ2) is 5.91. The molecule has 0 heterocycles. The molecule has 0 radical (unpaired) electrons. The summed E-state index contributed by atoms with van der Waals surface area (Å²) in [6, 6.07) is 13.4. The van der Waals surface area contributed by atoms with Gasteiger partial charge in [-0.15, -0.1) is 0 Å². The van der Waals surface area contributed by atoms with Gasteiger partial charge >= 0.3 is 0 Å². The Morgan fingerprint density at radius 3 is 2.74 bits per heavy atom. The van der Waals surface area contributed by atoms with Gasteiger partial charge in [-0.1, -0.05) is 42.0 Å². The summed E-state index contributed by atoms with van der Waals surface area (Å²) in [5, 5.41) is 3.81. The van der Waals surface area contributed by atoms with E-state index in [0.29, 0.717) is 0 Å². The van der Waals surface area contributed by atoms with Crippen molar-refractivity contribution in [2.45, 2.75) is 6.92 Å². The maximum atomic E-state index is 13.3. The molecule has 0 atom stereocenters. The van der Waals surface area contributed by atoms with Gasteiger partial charge in [0.15, 0.2) is 0 Å². The van der Waals surface area contributed by atoms with E-state index in [9.17, 15) is 9.18 Å². The fraction of sp³-hybridized carbons (Fsp3) is 0.0667. The van der Waals surface area contributed by atoms with Gasteiger partial charge in [0.25, 0.3) is 5.91 Å². The highest BCUT2D eigenvalue weighted by Gasteiger charge is 2.08. The molecule has 1 N–H and O–H groups in total. The molecule has 0 aliphatic rings. The number of halogens is 1. The maximum Gasteiger partial charge on any atom is 0.274 e. The molecular formula is C15H13FN2O. The molecule has 0 saturated carbocycles. The van der Waals surface area contributed by atoms with Gasteiger partial charge in [0.05, 0.1) is 11.8 Å². The first kappa shape index (κ1) is 13.0. The normalized spacial score (nSPS) is 10.6. The summed E-state index contributed by atoms with van der Waals surface area (Å²) in [6.07, 6.45) is 1.52. The van der Waals surface area contributed by atoms with Crippen LogP contribution in [-0.2, 0) is 0 Å². The Morgan fingerprint density at radius 1 is 1.21 bits per heavy atom. The fourth-order valence-electron chi connectivity index (χ4n) is 1.62. The average molecular weight is 256 g/mol. The van der Waals surface area contributed by atoms with E-state index >= 15 is 0 Å². The second-order valence-corrected chi connectivity index (χ2v) is 4.09. The lowest BCUT2D eigenvalue weighted by molar-refractivity contribution is 0.0951. The van der Waals surface area contributed by atoms with Crippen molar-refractivity contribution in [3.63, 3.8) is 0 Å². The van der Waals surface area contributed by atoms with E-state index in [4.69, 9.17) is 0 Å². The Morgan fingerprint density at radius 2 is 2.00 bits per heavy atom. The van der Waals surface area contributed by atoms with Crippen molar-refractivity contribution in [3.8, 4) is 0 Å². The Labute approximate surface area is 110 Å². The van der Waals surface area contributed by atoms with E-state index in [1.165, 1.54) is 24.4 Å². The van der Waals surface area contributed by atoms with Gasteiger partial charge in [-0.3, -0.25) is 4.79 Å². The van der Waals surface area contributed by atoms with Crippen LogP contribution in [0, 0.1) is 12.7 Å². The van der Waals surface area contributed by atoms with E-state index in [-0.39, 0.29) is 5.56 Å². The number of amides is 1. The van der Waals surface area contributed by atoms with E-state index in [1.807, 2.05) is 31.2 Å². The van der Waals surface area contributed by atoms with Crippen LogP contribution in [0.5, 0.6) is 0 Å². The first-order chi connectivity index (χ1) is 9.16. The summed E-state index contributed by atoms with van der Waals surface area (Å²) in [5.74, 6) is -1.13. The largest absolute Gasteiger partial charge is 0.274 e. The molecule has 2 rings (SSSR count). The molecule has 0 aliphatic carbocycles. The maximum absolute atomic E-state index is 13.3. The number of hydrogen-bond donors (Lipinski definition) is 1. The Balaban J connectivity index is 2.03. The summed E-state index contributed by atoms with van der Waals surface area (Å²) < 4.78 is 13.3. The highest BCUT2D eigenvalue weighted by molar-refractivity contribution is 5.95. The summed E-state index contributed by atoms with van der Waals surface area (Å²) in [4.78, 5) is 11.7. The second-order valence-electron chi connectivity index (χ2n) is 4.09. The Bertz CT molecular complexity index is 623. The summed E-state index contributed by atoms with van der Waals surface area (Å²) >= 11 is 0. The summed E-state index contributed by atoms with van der Waals surface area (Å²) in [5.41, 5.74) is 4.24. The van der Waals surface area contributed by atoms with E-state index < -0.39 is 11.7 Å². The van der Waals surface area contributed by atoms with Crippen LogP contribution in [0.4, 0.5) is 4.39 Å². The first-order valence-electron chi connectivity index (χ1n) is 5.81. The van der Waals surface area contributed by atoms with Crippen LogP contribution < -0.4 is 5.43 Å². The van der Waals surface area contributed by atoms with E-state index in [2.05, 4.69) is 10.5 Å². The fourth-order valence-corrected chi connectivity index (χ4v) is 1.62. The van der Waals surface area contributed by atoms with Crippen LogP contribution in [-0.4, -0.2) is 12.1 Å². The van der Waals surface area contributed by atoms with Crippen LogP contribution in [0.25, 0.3) is 0 Å². The molecule has 0 spiro atoms. The predicted molar refractivity (Wildman–Crippen MR) is 72.6 cm³/mol. The molecule has 1 amide bonds. The number of benzene rings is 2. The summed E-state index contributed by atoms with van der Waals surface area (Å²) in [7, 11) is 0. The standard InChI is InChI=1S/C15H13FN2O/c1-11-5-4-6-12(9-11)10-17-18-15(19)13-7-2-3-8-14(13)16/h2-10H,1H3,(H,18,19). The molecule has 19 heavy (non-hydrogen) atoms. The lowest BCUT2D eigenvalue weighted by atomic mass is 10.2. The first-order valence-corrected chi connectivity index (χ1v) is 5.81. The molecule has 0 saturated heterocycles. The minimum absolute atomic E-state index is 0.0242. The monoisotopic (exact) mass is 256 g/mol. The molecule has 0 unspecified atom stereocenters. The molecule has 96 valence electrons. The smallest absolute Gasteiger partial charge is 0.267 e. The number of nitrogens with zero attached hydrogens (tertiary/aromatic N) is 1. The molecule has 0 aliphatic heterocycles. The van der Waals surface area contributed by atoms with Crippen LogP contribution in [0.2, 0.25) is 0 Å². The van der Waals surface area contributed by atoms with Crippen LogP contribution in [0.1, 0.15) is 21.5 Å². The average Bonchev–Trinajstić information content (AvgIpc) is 2.39. The molecule has 0 fully saturated rings. The third-order valence-electron chi connectivity index (χ3n) is 2.54. The van der Waals surface area contributed by atoms with Gasteiger partial charge in [0.2, 0.25) is 0 Å². The van der Waals surface area contributed by atoms with Crippen LogP contribution in [0.3, 0.4) is 0 Å². The molecular weight excluding hydrogens is 243 g/mol. The van der Waals surface area contributed by atoms with Gasteiger partial charge in [-0.2, -0.15) is 5.10 Å². The lowest BCUT2D eigenvalue weighted by Crippen LogP contribution is -2.18. The van der Waals surface area contributed by atoms with Crippen LogP contribution in [0.15, 0.2) is 53.6 Å². The molecule has 3 nitrogen and oxygen atoms in total. The molecule has 0 aromatic heterocycles. The number of aryl methyl sites for hydroxylation is 1. The van der Waals surface area contributed by atoms with Crippen LogP contribution >= 0.6 is 0 Å². The van der Waals surface area contributed by atoms with Gasteiger partial charge in [-0.05, 0) is 24.6 Å². The highest BCUT2D eigenvalue weighted by atomic mass is 19.1. The van der Waals surface area contributed by atoms with Gasteiger partial charge in [0.1, 0.15) is 5.82 Å². The van der Waals surface area contributed by atoms with Gasteiger partial charge < -0.3 is 0 Å². The number of hydrogen-bond acceptors (Lipinski definition) is 2. The number of nitrogens with one attached hydrogen (secondary N) is 1. The van der Waals surface area contributed by atoms with Crippen molar-refractivity contribution in [3.05, 3.63) is 71.0 Å². The van der Waals surface area contributed by atoms with Crippen molar-refractivity contribution in [1.29, 1.82) is 0 Å². The molecule has 4 heteroatoms. The number of rotatable bonds is 3. The predicted octanol–water partition coefficient (Wildman–Crippen LogP) is 2.90. The zero-order chi connectivity index (χ0) is 13.7. The molecule has 2 aromatic carbocycles. The number of hydrazone groups is 1. The van der Waals surface area contributed by atoms with Gasteiger partial charge in [0, 0.05) is 0 Å². The Hall–Kier alpha value is -2.49. The third-order valence-corrected chi connectivity index (χ3v) is 2.54. The van der Waals surface area contributed by atoms with Crippen molar-refractivity contribution in [2.75, 3.05) is 0 Å². The van der Waals surface area contributed by atoms with Crippen molar-refractivity contribution in [2.24, 2.45) is 5.10 Å².